The molecule has 1 fully saturated rings. The lowest BCUT2D eigenvalue weighted by atomic mass is 10.1. The van der Waals surface area contributed by atoms with Gasteiger partial charge in [0.25, 0.3) is 0 Å². The second kappa shape index (κ2) is 8.36. The number of aryl methyl sites for hydroxylation is 2. The highest BCUT2D eigenvalue weighted by atomic mass is 32.2. The Morgan fingerprint density at radius 3 is 2.68 bits per heavy atom. The highest BCUT2D eigenvalue weighted by Crippen LogP contribution is 2.29. The van der Waals surface area contributed by atoms with Gasteiger partial charge in [-0.15, -0.1) is 0 Å². The predicted molar refractivity (Wildman–Crippen MR) is 114 cm³/mol. The second-order valence-electron chi connectivity index (χ2n) is 6.84. The molecule has 28 heavy (non-hydrogen) atoms. The molecular weight excluding hydrogens is 372 g/mol. The minimum atomic E-state index is 0.714. The first-order chi connectivity index (χ1) is 13.7. The number of hydrogen-bond acceptors (Lipinski definition) is 7. The Hall–Kier alpha value is -2.32. The first kappa shape index (κ1) is 19.0. The van der Waals surface area contributed by atoms with Crippen molar-refractivity contribution in [3.8, 4) is 0 Å². The Bertz CT molecular complexity index is 967. The fraction of sp³-hybridized carbons (Fsp3) is 0.450. The van der Waals surface area contributed by atoms with Crippen LogP contribution in [-0.2, 0) is 23.3 Å². The van der Waals surface area contributed by atoms with E-state index in [1.54, 1.807) is 11.8 Å². The van der Waals surface area contributed by atoms with Crippen LogP contribution in [0.2, 0.25) is 0 Å². The zero-order valence-electron chi connectivity index (χ0n) is 16.4. The Balaban J connectivity index is 1.62. The topological polar surface area (TPSA) is 92.9 Å². The molecule has 7 nitrogen and oxygen atoms in total. The van der Waals surface area contributed by atoms with Gasteiger partial charge in [0, 0.05) is 31.0 Å². The number of anilines is 2. The zero-order valence-corrected chi connectivity index (χ0v) is 17.2. The van der Waals surface area contributed by atoms with Gasteiger partial charge in [0.05, 0.1) is 13.2 Å². The molecule has 1 aromatic carbocycles. The summed E-state index contributed by atoms with van der Waals surface area (Å²) in [4.78, 5) is 19.8. The Labute approximate surface area is 169 Å². The number of benzene rings is 1. The number of nitrogens with one attached hydrogen (secondary N) is 1. The summed E-state index contributed by atoms with van der Waals surface area (Å²) >= 11 is 1.62. The van der Waals surface area contributed by atoms with Crippen LogP contribution in [0.4, 0.5) is 11.5 Å². The molecule has 0 atom stereocenters. The molecule has 0 saturated carbocycles. The number of H-pyrrole nitrogens is 1. The number of imidazole rings is 1. The number of morpholine rings is 1. The van der Waals surface area contributed by atoms with Crippen molar-refractivity contribution < 1.29 is 4.74 Å². The largest absolute Gasteiger partial charge is 0.398 e. The van der Waals surface area contributed by atoms with E-state index in [1.165, 1.54) is 11.1 Å². The Morgan fingerprint density at radius 1 is 1.14 bits per heavy atom. The third-order valence-corrected chi connectivity index (χ3v) is 5.88. The molecule has 1 aliphatic rings. The van der Waals surface area contributed by atoms with Crippen molar-refractivity contribution in [3.05, 3.63) is 35.2 Å². The molecule has 4 rings (SSSR count). The van der Waals surface area contributed by atoms with Gasteiger partial charge in [0.15, 0.2) is 16.6 Å². The fourth-order valence-corrected chi connectivity index (χ4v) is 4.13. The minimum Gasteiger partial charge on any atom is -0.398 e. The van der Waals surface area contributed by atoms with E-state index in [-0.39, 0.29) is 0 Å². The maximum Gasteiger partial charge on any atom is 0.192 e. The number of hydrogen-bond donors (Lipinski definition) is 2. The molecule has 0 radical (unpaired) electrons. The first-order valence-corrected chi connectivity index (χ1v) is 10.8. The van der Waals surface area contributed by atoms with E-state index >= 15 is 0 Å². The van der Waals surface area contributed by atoms with E-state index in [1.807, 2.05) is 0 Å². The molecule has 3 heterocycles. The van der Waals surface area contributed by atoms with Crippen molar-refractivity contribution in [2.24, 2.45) is 0 Å². The van der Waals surface area contributed by atoms with Crippen molar-refractivity contribution in [1.82, 2.24) is 19.9 Å². The number of ether oxygens (including phenoxy) is 1. The van der Waals surface area contributed by atoms with Crippen LogP contribution in [0.1, 0.15) is 30.8 Å². The molecule has 1 aliphatic heterocycles. The van der Waals surface area contributed by atoms with Crippen LogP contribution in [0, 0.1) is 0 Å². The van der Waals surface area contributed by atoms with Crippen molar-refractivity contribution in [2.75, 3.05) is 36.9 Å². The summed E-state index contributed by atoms with van der Waals surface area (Å²) in [5.74, 6) is 2.63. The quantitative estimate of drug-likeness (QED) is 0.374. The smallest absolute Gasteiger partial charge is 0.192 e. The lowest BCUT2D eigenvalue weighted by Crippen LogP contribution is -2.37. The lowest BCUT2D eigenvalue weighted by Gasteiger charge is -2.28. The summed E-state index contributed by atoms with van der Waals surface area (Å²) in [6, 6.07) is 6.29. The fourth-order valence-electron chi connectivity index (χ4n) is 3.35. The molecule has 0 bridgehead atoms. The number of aromatic amines is 1. The van der Waals surface area contributed by atoms with Gasteiger partial charge in [0.1, 0.15) is 11.3 Å². The molecular formula is C20H26N6OS. The van der Waals surface area contributed by atoms with Gasteiger partial charge in [-0.05, 0) is 23.6 Å². The second-order valence-corrected chi connectivity index (χ2v) is 7.78. The van der Waals surface area contributed by atoms with Crippen LogP contribution in [0.15, 0.2) is 23.4 Å². The van der Waals surface area contributed by atoms with Gasteiger partial charge in [0.2, 0.25) is 0 Å². The average Bonchev–Trinajstić information content (AvgIpc) is 3.15. The summed E-state index contributed by atoms with van der Waals surface area (Å²) in [5, 5.41) is 0.737. The van der Waals surface area contributed by atoms with E-state index in [0.717, 1.165) is 65.3 Å². The third kappa shape index (κ3) is 3.93. The lowest BCUT2D eigenvalue weighted by molar-refractivity contribution is 0.122. The van der Waals surface area contributed by atoms with E-state index in [2.05, 4.69) is 46.9 Å². The Morgan fingerprint density at radius 2 is 1.96 bits per heavy atom. The van der Waals surface area contributed by atoms with Crippen LogP contribution in [0.25, 0.3) is 11.2 Å². The number of nitrogens with two attached hydrogens (primary N) is 1. The van der Waals surface area contributed by atoms with Crippen LogP contribution in [0.5, 0.6) is 0 Å². The first-order valence-electron chi connectivity index (χ1n) is 9.77. The molecule has 0 aliphatic carbocycles. The van der Waals surface area contributed by atoms with Crippen LogP contribution in [0.3, 0.4) is 0 Å². The molecule has 0 amide bonds. The molecule has 1 saturated heterocycles. The Kier molecular flexibility index (Phi) is 5.68. The van der Waals surface area contributed by atoms with Gasteiger partial charge in [-0.1, -0.05) is 37.7 Å². The summed E-state index contributed by atoms with van der Waals surface area (Å²) in [6.07, 6.45) is 1.78. The van der Waals surface area contributed by atoms with E-state index < -0.39 is 0 Å². The minimum absolute atomic E-state index is 0.714. The van der Waals surface area contributed by atoms with Gasteiger partial charge >= 0.3 is 0 Å². The van der Waals surface area contributed by atoms with Gasteiger partial charge in [-0.25, -0.2) is 15.0 Å². The zero-order chi connectivity index (χ0) is 19.5. The van der Waals surface area contributed by atoms with Crippen molar-refractivity contribution in [1.29, 1.82) is 0 Å². The van der Waals surface area contributed by atoms with Crippen LogP contribution in [-0.4, -0.2) is 46.2 Å². The summed E-state index contributed by atoms with van der Waals surface area (Å²) in [6.45, 7) is 7.28. The van der Waals surface area contributed by atoms with Crippen molar-refractivity contribution in [2.45, 2.75) is 37.6 Å². The molecule has 3 N–H and O–H groups in total. The molecule has 148 valence electrons. The standard InChI is InChI=1S/C20H26N6OS/c1-3-14-6-5-13(11-15(14)21)12-28-20-24-18-17(22-16(4-2)23-18)19(25-20)26-7-9-27-10-8-26/h5-6,11H,3-4,7-10,12,21H2,1-2H3,(H,22,23,24,25). The van der Waals surface area contributed by atoms with Crippen LogP contribution < -0.4 is 10.6 Å². The molecule has 3 aromatic rings. The third-order valence-electron chi connectivity index (χ3n) is 4.97. The maximum atomic E-state index is 6.14. The maximum absolute atomic E-state index is 6.14. The predicted octanol–water partition coefficient (Wildman–Crippen LogP) is 3.19. The van der Waals surface area contributed by atoms with Gasteiger partial charge < -0.3 is 20.4 Å². The summed E-state index contributed by atoms with van der Waals surface area (Å²) in [7, 11) is 0. The van der Waals surface area contributed by atoms with Crippen LogP contribution >= 0.6 is 11.8 Å². The number of rotatable bonds is 6. The number of nitrogen functional groups attached to an aromatic ring is 1. The number of thioether (sulfide) groups is 1. The van der Waals surface area contributed by atoms with Crippen molar-refractivity contribution in [3.63, 3.8) is 0 Å². The molecule has 0 unspecified atom stereocenters. The van der Waals surface area contributed by atoms with Gasteiger partial charge in [-0.3, -0.25) is 0 Å². The molecule has 2 aromatic heterocycles. The number of nitrogens with zero attached hydrogens (tertiary/aromatic N) is 4. The van der Waals surface area contributed by atoms with E-state index in [9.17, 15) is 0 Å². The molecule has 0 spiro atoms. The summed E-state index contributed by atoms with van der Waals surface area (Å²) < 4.78 is 5.50. The van der Waals surface area contributed by atoms with E-state index in [0.29, 0.717) is 13.2 Å². The number of aromatic nitrogens is 4. The highest BCUT2D eigenvalue weighted by Gasteiger charge is 2.20. The summed E-state index contributed by atoms with van der Waals surface area (Å²) in [5.41, 5.74) is 11.0. The molecule has 8 heteroatoms. The monoisotopic (exact) mass is 398 g/mol. The highest BCUT2D eigenvalue weighted by molar-refractivity contribution is 7.98. The average molecular weight is 399 g/mol. The SMILES string of the molecule is CCc1nc2nc(SCc3ccc(CC)c(N)c3)nc(N3CCOCC3)c2[nH]1. The normalized spacial score (nSPS) is 14.7. The van der Waals surface area contributed by atoms with E-state index in [4.69, 9.17) is 20.4 Å². The number of fused-ring (bicyclic) bond motifs is 1. The van der Waals surface area contributed by atoms with Crippen molar-refractivity contribution >= 4 is 34.4 Å². The van der Waals surface area contributed by atoms with Gasteiger partial charge in [-0.2, -0.15) is 0 Å².